The number of carbonyl (C=O) groups excluding carboxylic acids is 2. The van der Waals surface area contributed by atoms with Gasteiger partial charge in [-0.05, 0) is 16.7 Å². The topological polar surface area (TPSA) is 47.2 Å². The number of carbonyl (C=O) groups is 2. The molecule has 5 rings (SSSR count). The Morgan fingerprint density at radius 3 is 1.67 bits per heavy atom. The molecule has 1 heterocycles. The Hall–Kier alpha value is -4.83. The predicted molar refractivity (Wildman–Crippen MR) is 151 cm³/mol. The standard InChI is InChI=1S/C35H30NO3/c37-34(31-14-8-3-9-15-31)32-18-16-27(17-19-32)20-23-36-24-21-28(22-25-36)26-39-35(38)33(29-10-4-1-5-11-29)30-12-6-2-7-13-30/h1-19,21-22,24-25,33H,20,23,26H2/q+1. The molecule has 4 nitrogen and oxygen atoms in total. The van der Waals surface area contributed by atoms with E-state index in [0.29, 0.717) is 11.1 Å². The van der Waals surface area contributed by atoms with Crippen molar-refractivity contribution in [3.05, 3.63) is 173 Å². The number of benzene rings is 4. The molecule has 0 spiro atoms. The van der Waals surface area contributed by atoms with E-state index in [4.69, 9.17) is 4.74 Å². The third-order valence-electron chi connectivity index (χ3n) is 6.75. The Morgan fingerprint density at radius 2 is 1.10 bits per heavy atom. The van der Waals surface area contributed by atoms with Crippen molar-refractivity contribution in [2.45, 2.75) is 25.5 Å². The summed E-state index contributed by atoms with van der Waals surface area (Å²) in [6, 6.07) is 40.6. The lowest BCUT2D eigenvalue weighted by atomic mass is 9.91. The van der Waals surface area contributed by atoms with Gasteiger partial charge in [-0.3, -0.25) is 9.59 Å². The van der Waals surface area contributed by atoms with Crippen LogP contribution >= 0.6 is 0 Å². The predicted octanol–water partition coefficient (Wildman–Crippen LogP) is 6.32. The Balaban J connectivity index is 1.15. The first-order valence-corrected chi connectivity index (χ1v) is 13.1. The molecule has 0 bridgehead atoms. The summed E-state index contributed by atoms with van der Waals surface area (Å²) < 4.78 is 7.86. The molecule has 4 heteroatoms. The molecule has 4 aromatic carbocycles. The molecule has 5 aromatic rings. The Morgan fingerprint density at radius 1 is 0.590 bits per heavy atom. The first-order valence-electron chi connectivity index (χ1n) is 13.1. The van der Waals surface area contributed by atoms with Gasteiger partial charge in [0.15, 0.2) is 24.7 Å². The van der Waals surface area contributed by atoms with Crippen molar-refractivity contribution >= 4 is 11.8 Å². The van der Waals surface area contributed by atoms with Crippen molar-refractivity contribution in [3.63, 3.8) is 0 Å². The van der Waals surface area contributed by atoms with Gasteiger partial charge in [-0.1, -0.05) is 115 Å². The van der Waals surface area contributed by atoms with E-state index in [9.17, 15) is 9.59 Å². The van der Waals surface area contributed by atoms with Gasteiger partial charge in [0.25, 0.3) is 0 Å². The molecule has 0 saturated carbocycles. The first-order chi connectivity index (χ1) is 19.2. The molecule has 0 aliphatic rings. The summed E-state index contributed by atoms with van der Waals surface area (Å²) in [5.74, 6) is -0.694. The molecule has 0 N–H and O–H groups in total. The second-order valence-corrected chi connectivity index (χ2v) is 9.45. The van der Waals surface area contributed by atoms with Crippen LogP contribution in [0.2, 0.25) is 0 Å². The number of aromatic nitrogens is 1. The minimum Gasteiger partial charge on any atom is -0.460 e. The van der Waals surface area contributed by atoms with E-state index in [1.165, 1.54) is 0 Å². The van der Waals surface area contributed by atoms with Crippen molar-refractivity contribution in [1.82, 2.24) is 0 Å². The van der Waals surface area contributed by atoms with E-state index >= 15 is 0 Å². The average Bonchev–Trinajstić information content (AvgIpc) is 3.01. The molecule has 0 aliphatic heterocycles. The van der Waals surface area contributed by atoms with Gasteiger partial charge in [-0.15, -0.1) is 0 Å². The maximum Gasteiger partial charge on any atom is 0.318 e. The van der Waals surface area contributed by atoms with E-state index in [1.54, 1.807) is 0 Å². The number of pyridine rings is 1. The van der Waals surface area contributed by atoms with Crippen LogP contribution in [0.1, 0.15) is 44.1 Å². The largest absolute Gasteiger partial charge is 0.460 e. The molecular formula is C35H30NO3+. The summed E-state index contributed by atoms with van der Waals surface area (Å²) in [5.41, 5.74) is 5.32. The molecule has 0 saturated heterocycles. The smallest absolute Gasteiger partial charge is 0.318 e. The molecule has 0 atom stereocenters. The summed E-state index contributed by atoms with van der Waals surface area (Å²) >= 11 is 0. The van der Waals surface area contributed by atoms with Gasteiger partial charge in [0.05, 0.1) is 0 Å². The number of aryl methyl sites for hydroxylation is 2. The molecule has 0 aliphatic carbocycles. The first kappa shape index (κ1) is 25.8. The van der Waals surface area contributed by atoms with Crippen molar-refractivity contribution in [1.29, 1.82) is 0 Å². The highest BCUT2D eigenvalue weighted by molar-refractivity contribution is 6.08. The molecule has 0 amide bonds. The van der Waals surface area contributed by atoms with Gasteiger partial charge in [-0.2, -0.15) is 0 Å². The second-order valence-electron chi connectivity index (χ2n) is 9.45. The van der Waals surface area contributed by atoms with E-state index in [1.807, 2.05) is 140 Å². The minimum absolute atomic E-state index is 0.0340. The highest BCUT2D eigenvalue weighted by Gasteiger charge is 2.24. The van der Waals surface area contributed by atoms with Crippen LogP contribution in [0.5, 0.6) is 0 Å². The quantitative estimate of drug-likeness (QED) is 0.125. The number of hydrogen-bond acceptors (Lipinski definition) is 3. The van der Waals surface area contributed by atoms with Gasteiger partial charge in [0.1, 0.15) is 12.5 Å². The monoisotopic (exact) mass is 512 g/mol. The van der Waals surface area contributed by atoms with E-state index < -0.39 is 5.92 Å². The lowest BCUT2D eigenvalue weighted by Gasteiger charge is -2.17. The maximum atomic E-state index is 13.1. The number of ketones is 1. The third kappa shape index (κ3) is 6.74. The SMILES string of the molecule is O=C(c1ccccc1)c1ccc(CC[n+]2ccc(COC(=O)C(c3ccccc3)c3ccccc3)cc2)cc1. The number of rotatable bonds is 10. The fourth-order valence-corrected chi connectivity index (χ4v) is 4.56. The third-order valence-corrected chi connectivity index (χ3v) is 6.75. The highest BCUT2D eigenvalue weighted by Crippen LogP contribution is 2.26. The number of nitrogens with zero attached hydrogens (tertiary/aromatic N) is 1. The van der Waals surface area contributed by atoms with Gasteiger partial charge in [0.2, 0.25) is 0 Å². The fraction of sp³-hybridized carbons (Fsp3) is 0.114. The second kappa shape index (κ2) is 12.6. The molecular weight excluding hydrogens is 482 g/mol. The maximum absolute atomic E-state index is 13.1. The van der Waals surface area contributed by atoms with Crippen molar-refractivity contribution < 1.29 is 18.9 Å². The van der Waals surface area contributed by atoms with Crippen LogP contribution in [0, 0.1) is 0 Å². The van der Waals surface area contributed by atoms with Crippen LogP contribution in [0.3, 0.4) is 0 Å². The summed E-state index contributed by atoms with van der Waals surface area (Å²) in [6.07, 6.45) is 4.85. The molecule has 39 heavy (non-hydrogen) atoms. The van der Waals surface area contributed by atoms with Crippen LogP contribution in [0.15, 0.2) is 140 Å². The Bertz CT molecular complexity index is 1460. The van der Waals surface area contributed by atoms with E-state index in [0.717, 1.165) is 35.2 Å². The van der Waals surface area contributed by atoms with Crippen LogP contribution in [0.25, 0.3) is 0 Å². The Kier molecular flexibility index (Phi) is 8.35. The van der Waals surface area contributed by atoms with Gasteiger partial charge in [-0.25, -0.2) is 4.57 Å². The lowest BCUT2D eigenvalue weighted by Crippen LogP contribution is -2.33. The zero-order valence-corrected chi connectivity index (χ0v) is 21.6. The number of hydrogen-bond donors (Lipinski definition) is 0. The van der Waals surface area contributed by atoms with E-state index in [2.05, 4.69) is 4.57 Å². The number of ether oxygens (including phenoxy) is 1. The van der Waals surface area contributed by atoms with Gasteiger partial charge in [0, 0.05) is 35.2 Å². The highest BCUT2D eigenvalue weighted by atomic mass is 16.5. The van der Waals surface area contributed by atoms with Gasteiger partial charge >= 0.3 is 5.97 Å². The zero-order chi connectivity index (χ0) is 26.9. The molecule has 0 radical (unpaired) electrons. The van der Waals surface area contributed by atoms with Gasteiger partial charge < -0.3 is 4.74 Å². The van der Waals surface area contributed by atoms with Crippen LogP contribution in [-0.2, 0) is 29.1 Å². The van der Waals surface area contributed by atoms with E-state index in [-0.39, 0.29) is 18.4 Å². The summed E-state index contributed by atoms with van der Waals surface area (Å²) in [7, 11) is 0. The fourth-order valence-electron chi connectivity index (χ4n) is 4.56. The summed E-state index contributed by atoms with van der Waals surface area (Å²) in [5, 5.41) is 0. The van der Waals surface area contributed by atoms with Crippen LogP contribution in [0.4, 0.5) is 0 Å². The normalized spacial score (nSPS) is 10.8. The van der Waals surface area contributed by atoms with Crippen molar-refractivity contribution in [2.75, 3.05) is 0 Å². The summed E-state index contributed by atoms with van der Waals surface area (Å²) in [6.45, 7) is 1.02. The Labute approximate surface area is 229 Å². The molecule has 0 fully saturated rings. The molecule has 0 unspecified atom stereocenters. The zero-order valence-electron chi connectivity index (χ0n) is 21.6. The van der Waals surface area contributed by atoms with Crippen LogP contribution in [-0.4, -0.2) is 11.8 Å². The lowest BCUT2D eigenvalue weighted by molar-refractivity contribution is -0.696. The molecule has 192 valence electrons. The summed E-state index contributed by atoms with van der Waals surface area (Å²) in [4.78, 5) is 25.8. The number of esters is 1. The molecule has 1 aromatic heterocycles. The van der Waals surface area contributed by atoms with Crippen molar-refractivity contribution in [3.8, 4) is 0 Å². The van der Waals surface area contributed by atoms with Crippen LogP contribution < -0.4 is 4.57 Å². The van der Waals surface area contributed by atoms with Crippen molar-refractivity contribution in [2.24, 2.45) is 0 Å². The minimum atomic E-state index is -0.463. The average molecular weight is 513 g/mol.